The molecule has 180 valence electrons. The van der Waals surface area contributed by atoms with Crippen LogP contribution in [-0.2, 0) is 9.53 Å². The zero-order chi connectivity index (χ0) is 24.3. The van der Waals surface area contributed by atoms with Crippen LogP contribution in [0.1, 0.15) is 18.4 Å². The van der Waals surface area contributed by atoms with Crippen LogP contribution in [0.3, 0.4) is 0 Å². The molecule has 1 unspecified atom stereocenters. The number of benzene rings is 4. The number of nitrogens with zero attached hydrogens (tertiary/aromatic N) is 2. The Balaban J connectivity index is 1.19. The average molecular weight is 512 g/mol. The van der Waals surface area contributed by atoms with Gasteiger partial charge in [-0.15, -0.1) is 11.3 Å². The number of hydrogen-bond donors (Lipinski definition) is 1. The minimum atomic E-state index is 0.0161. The lowest BCUT2D eigenvalue weighted by Crippen LogP contribution is -2.32. The van der Waals surface area contributed by atoms with Crippen LogP contribution >= 0.6 is 23.1 Å². The van der Waals surface area contributed by atoms with Gasteiger partial charge >= 0.3 is 0 Å². The Bertz CT molecular complexity index is 1530. The number of thioether (sulfide) groups is 1. The number of nitrogens with one attached hydrogen (secondary N) is 1. The molecule has 5 aromatic rings. The van der Waals surface area contributed by atoms with E-state index in [4.69, 9.17) is 9.73 Å². The summed E-state index contributed by atoms with van der Waals surface area (Å²) in [6.07, 6.45) is 4.23. The molecular weight excluding hydrogens is 486 g/mol. The van der Waals surface area contributed by atoms with Crippen LogP contribution in [0.15, 0.2) is 82.1 Å². The van der Waals surface area contributed by atoms with E-state index >= 15 is 0 Å². The average Bonchev–Trinajstić information content (AvgIpc) is 3.58. The van der Waals surface area contributed by atoms with Gasteiger partial charge < -0.3 is 10.1 Å². The highest BCUT2D eigenvalue weighted by Gasteiger charge is 2.16. The Morgan fingerprint density at radius 2 is 1.86 bits per heavy atom. The Kier molecular flexibility index (Phi) is 6.68. The lowest BCUT2D eigenvalue weighted by molar-refractivity contribution is -0.119. The number of aliphatic imine (C=N–C) groups is 1. The van der Waals surface area contributed by atoms with Gasteiger partial charge in [-0.05, 0) is 58.7 Å². The van der Waals surface area contributed by atoms with Gasteiger partial charge in [-0.25, -0.2) is 4.98 Å². The molecule has 1 amide bonds. The second kappa shape index (κ2) is 10.4. The van der Waals surface area contributed by atoms with E-state index in [-0.39, 0.29) is 12.0 Å². The Hall–Kier alpha value is -3.26. The van der Waals surface area contributed by atoms with Crippen LogP contribution in [0.2, 0.25) is 0 Å². The van der Waals surface area contributed by atoms with Gasteiger partial charge in [0, 0.05) is 24.9 Å². The second-order valence-electron chi connectivity index (χ2n) is 8.85. The fourth-order valence-electron chi connectivity index (χ4n) is 4.57. The van der Waals surface area contributed by atoms with E-state index in [9.17, 15) is 4.79 Å². The van der Waals surface area contributed by atoms with Crippen molar-refractivity contribution >= 4 is 72.7 Å². The highest BCUT2D eigenvalue weighted by molar-refractivity contribution is 8.01. The summed E-state index contributed by atoms with van der Waals surface area (Å²) >= 11 is 3.07. The zero-order valence-corrected chi connectivity index (χ0v) is 21.3. The summed E-state index contributed by atoms with van der Waals surface area (Å²) in [6.45, 7) is 1.39. The first-order valence-electron chi connectivity index (χ1n) is 12.1. The largest absolute Gasteiger partial charge is 0.376 e. The summed E-state index contributed by atoms with van der Waals surface area (Å²) in [6, 6.07) is 25.2. The van der Waals surface area contributed by atoms with Crippen LogP contribution < -0.4 is 5.32 Å². The number of carbonyl (C=O) groups is 1. The summed E-state index contributed by atoms with van der Waals surface area (Å²) < 4.78 is 7.52. The van der Waals surface area contributed by atoms with Crippen molar-refractivity contribution < 1.29 is 9.53 Å². The predicted octanol–water partition coefficient (Wildman–Crippen LogP) is 6.74. The van der Waals surface area contributed by atoms with Crippen molar-refractivity contribution in [3.63, 3.8) is 0 Å². The van der Waals surface area contributed by atoms with E-state index in [0.717, 1.165) is 45.3 Å². The van der Waals surface area contributed by atoms with Crippen LogP contribution in [0.25, 0.3) is 31.8 Å². The lowest BCUT2D eigenvalue weighted by Gasteiger charge is -2.09. The van der Waals surface area contributed by atoms with E-state index in [1.807, 2.05) is 18.3 Å². The first kappa shape index (κ1) is 23.2. The van der Waals surface area contributed by atoms with Crippen LogP contribution in [0, 0.1) is 0 Å². The molecule has 1 fully saturated rings. The molecule has 36 heavy (non-hydrogen) atoms. The monoisotopic (exact) mass is 511 g/mol. The molecule has 5 nitrogen and oxygen atoms in total. The van der Waals surface area contributed by atoms with Crippen molar-refractivity contribution in [2.24, 2.45) is 4.99 Å². The third-order valence-corrected chi connectivity index (χ3v) is 8.55. The molecule has 0 radical (unpaired) electrons. The number of carbonyl (C=O) groups excluding carboxylic acids is 1. The second-order valence-corrected chi connectivity index (χ2v) is 11.1. The number of amides is 1. The zero-order valence-electron chi connectivity index (χ0n) is 19.6. The van der Waals surface area contributed by atoms with Crippen LogP contribution in [0.5, 0.6) is 0 Å². The highest BCUT2D eigenvalue weighted by Crippen LogP contribution is 2.33. The first-order chi connectivity index (χ1) is 17.7. The lowest BCUT2D eigenvalue weighted by atomic mass is 9.97. The Morgan fingerprint density at radius 3 is 2.61 bits per heavy atom. The van der Waals surface area contributed by atoms with Gasteiger partial charge in [0.1, 0.15) is 0 Å². The molecule has 1 saturated heterocycles. The minimum Gasteiger partial charge on any atom is -0.376 e. The molecule has 0 saturated carbocycles. The van der Waals surface area contributed by atoms with Crippen molar-refractivity contribution in [1.82, 2.24) is 10.3 Å². The number of hydrogen-bond acceptors (Lipinski definition) is 6. The standard InChI is InChI=1S/C29H25N3O2S2/c33-28(31-16-22-8-5-13-34-22)18-35-29-32-26-12-11-21(15-27(26)36-29)30-17-25-23-9-3-1-6-19(23)14-20-7-2-4-10-24(20)25/h1-4,6-7,9-12,14-15,17,22H,5,8,13,16,18H2,(H,31,33). The third kappa shape index (κ3) is 5.00. The molecule has 7 heteroatoms. The topological polar surface area (TPSA) is 63.6 Å². The summed E-state index contributed by atoms with van der Waals surface area (Å²) in [5, 5.41) is 7.76. The molecule has 1 N–H and O–H groups in total. The fourth-order valence-corrected chi connectivity index (χ4v) is 6.50. The van der Waals surface area contributed by atoms with Crippen molar-refractivity contribution in [2.45, 2.75) is 23.3 Å². The molecule has 6 rings (SSSR count). The SMILES string of the molecule is O=C(CSc1nc2ccc(N=Cc3c4ccccc4cc4ccccc34)cc2s1)NCC1CCCO1. The Labute approximate surface area is 217 Å². The minimum absolute atomic E-state index is 0.0161. The molecular formula is C29H25N3O2S2. The summed E-state index contributed by atoms with van der Waals surface area (Å²) in [5.41, 5.74) is 2.93. The number of aromatic nitrogens is 1. The molecule has 1 aromatic heterocycles. The number of rotatable bonds is 7. The van der Waals surface area contributed by atoms with Crippen molar-refractivity contribution in [3.8, 4) is 0 Å². The van der Waals surface area contributed by atoms with Crippen molar-refractivity contribution in [3.05, 3.63) is 78.4 Å². The highest BCUT2D eigenvalue weighted by atomic mass is 32.2. The fraction of sp³-hybridized carbons (Fsp3) is 0.207. The van der Waals surface area contributed by atoms with E-state index in [1.165, 1.54) is 33.3 Å². The number of thiazole rings is 1. The first-order valence-corrected chi connectivity index (χ1v) is 13.9. The predicted molar refractivity (Wildman–Crippen MR) is 151 cm³/mol. The molecule has 1 aliphatic rings. The molecule has 0 aliphatic carbocycles. The molecule has 2 heterocycles. The van der Waals surface area contributed by atoms with Crippen molar-refractivity contribution in [2.75, 3.05) is 18.9 Å². The van der Waals surface area contributed by atoms with Crippen LogP contribution in [0.4, 0.5) is 5.69 Å². The normalized spacial score (nSPS) is 15.9. The van der Waals surface area contributed by atoms with E-state index in [0.29, 0.717) is 12.3 Å². The maximum atomic E-state index is 12.2. The molecule has 1 atom stereocenters. The smallest absolute Gasteiger partial charge is 0.230 e. The summed E-state index contributed by atoms with van der Waals surface area (Å²) in [4.78, 5) is 21.8. The van der Waals surface area contributed by atoms with Gasteiger partial charge in [-0.3, -0.25) is 9.79 Å². The van der Waals surface area contributed by atoms with E-state index in [2.05, 4.69) is 71.0 Å². The molecule has 4 aromatic carbocycles. The van der Waals surface area contributed by atoms with Gasteiger partial charge in [0.15, 0.2) is 4.34 Å². The van der Waals surface area contributed by atoms with Gasteiger partial charge in [-0.1, -0.05) is 60.3 Å². The quantitative estimate of drug-likeness (QED) is 0.149. The van der Waals surface area contributed by atoms with Crippen LogP contribution in [-0.4, -0.2) is 42.1 Å². The molecule has 0 bridgehead atoms. The van der Waals surface area contributed by atoms with E-state index < -0.39 is 0 Å². The van der Waals surface area contributed by atoms with Gasteiger partial charge in [-0.2, -0.15) is 0 Å². The molecule has 0 spiro atoms. The van der Waals surface area contributed by atoms with Crippen molar-refractivity contribution in [1.29, 1.82) is 0 Å². The third-order valence-electron chi connectivity index (χ3n) is 6.39. The maximum Gasteiger partial charge on any atom is 0.230 e. The number of fused-ring (bicyclic) bond motifs is 3. The van der Waals surface area contributed by atoms with Gasteiger partial charge in [0.05, 0.1) is 27.8 Å². The summed E-state index contributed by atoms with van der Waals surface area (Å²) in [5.74, 6) is 0.369. The van der Waals surface area contributed by atoms with Gasteiger partial charge in [0.25, 0.3) is 0 Å². The maximum absolute atomic E-state index is 12.2. The van der Waals surface area contributed by atoms with E-state index in [1.54, 1.807) is 11.3 Å². The number of ether oxygens (including phenoxy) is 1. The summed E-state index contributed by atoms with van der Waals surface area (Å²) in [7, 11) is 0. The Morgan fingerprint density at radius 1 is 1.08 bits per heavy atom. The molecule has 1 aliphatic heterocycles. The van der Waals surface area contributed by atoms with Gasteiger partial charge in [0.2, 0.25) is 5.91 Å².